The van der Waals surface area contributed by atoms with E-state index in [4.69, 9.17) is 10.00 Å². The van der Waals surface area contributed by atoms with Gasteiger partial charge in [-0.05, 0) is 63.0 Å². The predicted octanol–water partition coefficient (Wildman–Crippen LogP) is 5.96. The van der Waals surface area contributed by atoms with E-state index >= 15 is 0 Å². The van der Waals surface area contributed by atoms with E-state index in [9.17, 15) is 4.79 Å². The minimum absolute atomic E-state index is 0.356. The number of methoxy groups -OCH3 is 1. The van der Waals surface area contributed by atoms with E-state index < -0.39 is 0 Å². The molecule has 2 rings (SSSR count). The molecule has 0 aliphatic heterocycles. The van der Waals surface area contributed by atoms with Gasteiger partial charge in [0.15, 0.2) is 0 Å². The molecule has 2 aromatic rings. The molecule has 0 aliphatic rings. The highest BCUT2D eigenvalue weighted by molar-refractivity contribution is 5.92. The van der Waals surface area contributed by atoms with Crippen molar-refractivity contribution in [2.24, 2.45) is 0 Å². The zero-order valence-electron chi connectivity index (χ0n) is 19.2. The normalized spacial score (nSPS) is 11.0. The molecule has 1 aromatic heterocycles. The smallest absolute Gasteiger partial charge is 0.337 e. The van der Waals surface area contributed by atoms with E-state index in [0.717, 1.165) is 18.5 Å². The Kier molecular flexibility index (Phi) is 11.0. The maximum Gasteiger partial charge on any atom is 0.337 e. The van der Waals surface area contributed by atoms with Crippen LogP contribution in [0.5, 0.6) is 0 Å². The number of hydrogen-bond acceptors (Lipinski definition) is 3. The summed E-state index contributed by atoms with van der Waals surface area (Å²) in [5.74, 6) is -0.356. The number of esters is 1. The fourth-order valence-corrected chi connectivity index (χ4v) is 3.19. The van der Waals surface area contributed by atoms with Crippen LogP contribution >= 0.6 is 0 Å². The van der Waals surface area contributed by atoms with E-state index in [2.05, 4.69) is 54.8 Å². The van der Waals surface area contributed by atoms with Crippen LogP contribution in [-0.4, -0.2) is 17.6 Å². The number of allylic oxidation sites excluding steroid dienone is 1. The quantitative estimate of drug-likeness (QED) is 0.309. The molecule has 0 radical (unpaired) electrons. The molecule has 0 fully saturated rings. The van der Waals surface area contributed by atoms with Crippen molar-refractivity contribution in [1.29, 1.82) is 5.26 Å². The third kappa shape index (κ3) is 7.08. The summed E-state index contributed by atoms with van der Waals surface area (Å²) >= 11 is 0. The van der Waals surface area contributed by atoms with E-state index in [0.29, 0.717) is 18.5 Å². The van der Waals surface area contributed by atoms with Gasteiger partial charge in [-0.2, -0.15) is 5.26 Å². The standard InChI is InChI=1S/C24H28N2O2.C2H6/c1-5-21(24(27)28-4)13-14-23-17-22(19(3)26(23)16-6-15-25)12-11-20-9-7-18(2)8-10-20;1-2/h5,7-10,13-14,17H,6,11-12,16H2,1-4H3;1-2H3/b14-13-,21-5+;. The Balaban J connectivity index is 0.00000218. The first-order valence-corrected chi connectivity index (χ1v) is 10.5. The Morgan fingerprint density at radius 1 is 1.17 bits per heavy atom. The van der Waals surface area contributed by atoms with E-state index in [1.807, 2.05) is 26.8 Å². The summed E-state index contributed by atoms with van der Waals surface area (Å²) in [7, 11) is 1.38. The summed E-state index contributed by atoms with van der Waals surface area (Å²) in [5, 5.41) is 9.00. The first-order chi connectivity index (χ1) is 14.5. The monoisotopic (exact) mass is 406 g/mol. The maximum absolute atomic E-state index is 11.8. The second-order valence-corrected chi connectivity index (χ2v) is 6.79. The third-order valence-corrected chi connectivity index (χ3v) is 4.92. The largest absolute Gasteiger partial charge is 0.465 e. The zero-order chi connectivity index (χ0) is 22.5. The molecule has 0 N–H and O–H groups in total. The number of nitrogens with zero attached hydrogens (tertiary/aromatic N) is 2. The molecule has 0 unspecified atom stereocenters. The molecule has 4 nitrogen and oxygen atoms in total. The summed E-state index contributed by atoms with van der Waals surface area (Å²) < 4.78 is 6.95. The molecule has 0 saturated carbocycles. The first-order valence-electron chi connectivity index (χ1n) is 10.5. The lowest BCUT2D eigenvalue weighted by Crippen LogP contribution is -2.04. The van der Waals surface area contributed by atoms with Gasteiger partial charge in [0, 0.05) is 17.9 Å². The Hall–Kier alpha value is -3.06. The number of benzene rings is 1. The summed E-state index contributed by atoms with van der Waals surface area (Å²) in [5.41, 5.74) is 6.51. The zero-order valence-corrected chi connectivity index (χ0v) is 19.2. The molecule has 1 aromatic carbocycles. The van der Waals surface area contributed by atoms with Crippen molar-refractivity contribution < 1.29 is 9.53 Å². The van der Waals surface area contributed by atoms with Gasteiger partial charge in [-0.25, -0.2) is 4.79 Å². The molecule has 0 atom stereocenters. The van der Waals surface area contributed by atoms with Gasteiger partial charge < -0.3 is 9.30 Å². The number of aryl methyl sites for hydroxylation is 3. The number of aromatic nitrogens is 1. The van der Waals surface area contributed by atoms with Crippen molar-refractivity contribution in [3.8, 4) is 6.07 Å². The van der Waals surface area contributed by atoms with Crippen molar-refractivity contribution in [2.75, 3.05) is 7.11 Å². The van der Waals surface area contributed by atoms with E-state index in [1.54, 1.807) is 12.2 Å². The summed E-state index contributed by atoms with van der Waals surface area (Å²) in [4.78, 5) is 11.8. The van der Waals surface area contributed by atoms with Gasteiger partial charge in [-0.15, -0.1) is 0 Å². The van der Waals surface area contributed by atoms with Crippen LogP contribution < -0.4 is 0 Å². The fraction of sp³-hybridized carbons (Fsp3) is 0.385. The number of hydrogen-bond donors (Lipinski definition) is 0. The molecule has 160 valence electrons. The number of ether oxygens (including phenoxy) is 1. The number of rotatable bonds is 8. The van der Waals surface area contributed by atoms with Gasteiger partial charge in [-0.1, -0.05) is 49.8 Å². The van der Waals surface area contributed by atoms with Gasteiger partial charge in [0.1, 0.15) is 0 Å². The molecular formula is C26H34N2O2. The first kappa shape index (κ1) is 25.0. The predicted molar refractivity (Wildman–Crippen MR) is 124 cm³/mol. The van der Waals surface area contributed by atoms with Gasteiger partial charge >= 0.3 is 5.97 Å². The SMILES string of the molecule is C/C=C(\C=C/c1cc(CCc2ccc(C)cc2)c(C)n1CCC#N)C(=O)OC.CC. The molecule has 0 amide bonds. The van der Waals surface area contributed by atoms with Gasteiger partial charge in [0.2, 0.25) is 0 Å². The Labute approximate surface area is 181 Å². The third-order valence-electron chi connectivity index (χ3n) is 4.92. The molecular weight excluding hydrogens is 372 g/mol. The highest BCUT2D eigenvalue weighted by Crippen LogP contribution is 2.21. The fourth-order valence-electron chi connectivity index (χ4n) is 3.19. The Morgan fingerprint density at radius 2 is 1.83 bits per heavy atom. The Morgan fingerprint density at radius 3 is 2.40 bits per heavy atom. The average molecular weight is 407 g/mol. The lowest BCUT2D eigenvalue weighted by atomic mass is 10.0. The van der Waals surface area contributed by atoms with Crippen LogP contribution in [0.3, 0.4) is 0 Å². The second-order valence-electron chi connectivity index (χ2n) is 6.79. The summed E-state index contributed by atoms with van der Waals surface area (Å²) in [6.45, 7) is 10.6. The van der Waals surface area contributed by atoms with Crippen LogP contribution in [0.25, 0.3) is 6.08 Å². The molecule has 0 bridgehead atoms. The van der Waals surface area contributed by atoms with Crippen LogP contribution in [0.15, 0.2) is 48.1 Å². The highest BCUT2D eigenvalue weighted by Gasteiger charge is 2.11. The summed E-state index contributed by atoms with van der Waals surface area (Å²) in [6.07, 6.45) is 7.77. The van der Waals surface area contributed by atoms with Gasteiger partial charge in [-0.3, -0.25) is 0 Å². The molecule has 0 aliphatic carbocycles. The molecule has 30 heavy (non-hydrogen) atoms. The number of nitriles is 1. The molecule has 0 spiro atoms. The lowest BCUT2D eigenvalue weighted by Gasteiger charge is -2.08. The molecule has 1 heterocycles. The van der Waals surface area contributed by atoms with Crippen molar-refractivity contribution in [1.82, 2.24) is 4.57 Å². The van der Waals surface area contributed by atoms with Gasteiger partial charge in [0.25, 0.3) is 0 Å². The maximum atomic E-state index is 11.8. The number of carbonyl (C=O) groups excluding carboxylic acids is 1. The van der Waals surface area contributed by atoms with Crippen LogP contribution in [-0.2, 0) is 28.9 Å². The van der Waals surface area contributed by atoms with Crippen molar-refractivity contribution >= 4 is 12.0 Å². The lowest BCUT2D eigenvalue weighted by molar-refractivity contribution is -0.135. The minimum Gasteiger partial charge on any atom is -0.465 e. The van der Waals surface area contributed by atoms with Crippen molar-refractivity contribution in [3.05, 3.63) is 76.1 Å². The average Bonchev–Trinajstić information content (AvgIpc) is 3.07. The van der Waals surface area contributed by atoms with Crippen LogP contribution in [0.4, 0.5) is 0 Å². The molecule has 0 saturated heterocycles. The van der Waals surface area contributed by atoms with E-state index in [-0.39, 0.29) is 5.97 Å². The second kappa shape index (κ2) is 13.2. The van der Waals surface area contributed by atoms with Crippen LogP contribution in [0, 0.1) is 25.2 Å². The van der Waals surface area contributed by atoms with Crippen molar-refractivity contribution in [2.45, 2.75) is 60.4 Å². The van der Waals surface area contributed by atoms with E-state index in [1.165, 1.54) is 29.5 Å². The topological polar surface area (TPSA) is 55.0 Å². The summed E-state index contributed by atoms with van der Waals surface area (Å²) in [6, 6.07) is 13.0. The number of carbonyl (C=O) groups is 1. The molecule has 4 heteroatoms. The van der Waals surface area contributed by atoms with Crippen molar-refractivity contribution in [3.63, 3.8) is 0 Å². The highest BCUT2D eigenvalue weighted by atomic mass is 16.5. The Bertz CT molecular complexity index is 910. The minimum atomic E-state index is -0.356. The van der Waals surface area contributed by atoms with Gasteiger partial charge in [0.05, 0.1) is 25.2 Å². The van der Waals surface area contributed by atoms with Crippen LogP contribution in [0.2, 0.25) is 0 Å². The van der Waals surface area contributed by atoms with Crippen LogP contribution in [0.1, 0.15) is 55.3 Å².